The molecule has 15 heavy (non-hydrogen) atoms. The second kappa shape index (κ2) is 2.79. The molecular weight excluding hydrogens is 194 g/mol. The number of fused-ring (bicyclic) bond motifs is 2. The fourth-order valence-corrected chi connectivity index (χ4v) is 1.60. The maximum absolute atomic E-state index is 5.29. The van der Waals surface area contributed by atoms with Gasteiger partial charge in [-0.15, -0.1) is 0 Å². The van der Waals surface area contributed by atoms with Crippen molar-refractivity contribution in [1.82, 2.24) is 9.97 Å². The molecule has 0 saturated heterocycles. The molecule has 3 rings (SSSR count). The highest BCUT2D eigenvalue weighted by atomic mass is 16.7. The first-order valence-electron chi connectivity index (χ1n) is 4.71. The predicted octanol–water partition coefficient (Wildman–Crippen LogP) is 1.36. The van der Waals surface area contributed by atoms with E-state index in [2.05, 4.69) is 9.97 Å². The normalized spacial score (nSPS) is 13.5. The summed E-state index contributed by atoms with van der Waals surface area (Å²) in [7, 11) is 3.89. The van der Waals surface area contributed by atoms with Gasteiger partial charge in [0, 0.05) is 26.2 Å². The number of imidazole rings is 1. The van der Waals surface area contributed by atoms with E-state index in [0.29, 0.717) is 6.79 Å². The number of benzene rings is 1. The molecule has 0 saturated carbocycles. The van der Waals surface area contributed by atoms with E-state index in [9.17, 15) is 0 Å². The van der Waals surface area contributed by atoms with Crippen molar-refractivity contribution >= 4 is 17.0 Å². The number of ether oxygens (including phenoxy) is 2. The van der Waals surface area contributed by atoms with Crippen LogP contribution < -0.4 is 14.4 Å². The molecule has 0 aliphatic carbocycles. The summed E-state index contributed by atoms with van der Waals surface area (Å²) in [4.78, 5) is 9.55. The molecular formula is C10H11N3O2. The van der Waals surface area contributed by atoms with Crippen LogP contribution in [0.2, 0.25) is 0 Å². The van der Waals surface area contributed by atoms with E-state index in [0.717, 1.165) is 28.5 Å². The number of anilines is 1. The van der Waals surface area contributed by atoms with Crippen molar-refractivity contribution in [2.75, 3.05) is 25.8 Å². The predicted molar refractivity (Wildman–Crippen MR) is 56.5 cm³/mol. The molecule has 1 aromatic carbocycles. The number of nitrogens with one attached hydrogen (secondary N) is 1. The second-order valence-electron chi connectivity index (χ2n) is 3.68. The molecule has 0 unspecified atom stereocenters. The van der Waals surface area contributed by atoms with Crippen LogP contribution in [0.4, 0.5) is 5.95 Å². The number of hydrogen-bond acceptors (Lipinski definition) is 4. The highest BCUT2D eigenvalue weighted by Crippen LogP contribution is 2.35. The van der Waals surface area contributed by atoms with Crippen molar-refractivity contribution < 1.29 is 9.47 Å². The Labute approximate surface area is 86.6 Å². The van der Waals surface area contributed by atoms with Crippen molar-refractivity contribution in [3.63, 3.8) is 0 Å². The van der Waals surface area contributed by atoms with Gasteiger partial charge in [0.15, 0.2) is 11.5 Å². The number of aromatic amines is 1. The third-order valence-corrected chi connectivity index (χ3v) is 2.39. The number of aromatic nitrogens is 2. The van der Waals surface area contributed by atoms with Crippen LogP contribution in [0.25, 0.3) is 11.0 Å². The number of rotatable bonds is 1. The molecule has 0 amide bonds. The molecule has 1 aromatic heterocycles. The first kappa shape index (κ1) is 8.40. The minimum absolute atomic E-state index is 0.294. The minimum atomic E-state index is 0.294. The monoisotopic (exact) mass is 205 g/mol. The van der Waals surface area contributed by atoms with Gasteiger partial charge in [0.25, 0.3) is 0 Å². The molecule has 0 radical (unpaired) electrons. The lowest BCUT2D eigenvalue weighted by Gasteiger charge is -2.05. The van der Waals surface area contributed by atoms with Gasteiger partial charge in [-0.1, -0.05) is 0 Å². The van der Waals surface area contributed by atoms with Crippen molar-refractivity contribution in [2.45, 2.75) is 0 Å². The van der Waals surface area contributed by atoms with E-state index < -0.39 is 0 Å². The van der Waals surface area contributed by atoms with E-state index in [1.165, 1.54) is 0 Å². The SMILES string of the molecule is CN(C)c1nc2cc3c(cc2[nH]1)OCO3. The standard InChI is InChI=1S/C10H11N3O2/c1-13(2)10-11-6-3-8-9(15-5-14-8)4-7(6)12-10/h3-4H,5H2,1-2H3,(H,11,12). The Bertz CT molecular complexity index is 478. The summed E-state index contributed by atoms with van der Waals surface area (Å²) in [5.41, 5.74) is 1.85. The zero-order valence-corrected chi connectivity index (χ0v) is 8.57. The van der Waals surface area contributed by atoms with Crippen LogP contribution in [0.1, 0.15) is 0 Å². The molecule has 78 valence electrons. The molecule has 2 heterocycles. The van der Waals surface area contributed by atoms with Gasteiger partial charge in [-0.25, -0.2) is 4.98 Å². The molecule has 0 spiro atoms. The minimum Gasteiger partial charge on any atom is -0.454 e. The quantitative estimate of drug-likeness (QED) is 0.763. The molecule has 1 aliphatic heterocycles. The Kier molecular flexibility index (Phi) is 1.56. The van der Waals surface area contributed by atoms with Crippen molar-refractivity contribution in [3.8, 4) is 11.5 Å². The van der Waals surface area contributed by atoms with E-state index >= 15 is 0 Å². The second-order valence-corrected chi connectivity index (χ2v) is 3.68. The lowest BCUT2D eigenvalue weighted by atomic mass is 10.3. The summed E-state index contributed by atoms with van der Waals surface area (Å²) < 4.78 is 10.6. The lowest BCUT2D eigenvalue weighted by Crippen LogP contribution is -2.09. The average Bonchev–Trinajstić information content (AvgIpc) is 2.77. The van der Waals surface area contributed by atoms with E-state index in [1.807, 2.05) is 31.1 Å². The molecule has 2 aromatic rings. The molecule has 0 atom stereocenters. The highest BCUT2D eigenvalue weighted by Gasteiger charge is 2.16. The fraction of sp³-hybridized carbons (Fsp3) is 0.300. The van der Waals surface area contributed by atoms with Gasteiger partial charge in [0.05, 0.1) is 11.0 Å². The summed E-state index contributed by atoms with van der Waals surface area (Å²) in [5, 5.41) is 0. The van der Waals surface area contributed by atoms with Gasteiger partial charge in [-0.3, -0.25) is 0 Å². The van der Waals surface area contributed by atoms with Crippen LogP contribution in [0, 0.1) is 0 Å². The van der Waals surface area contributed by atoms with Crippen LogP contribution in [-0.4, -0.2) is 30.9 Å². The fourth-order valence-electron chi connectivity index (χ4n) is 1.60. The van der Waals surface area contributed by atoms with Crippen LogP contribution in [0.15, 0.2) is 12.1 Å². The molecule has 0 bridgehead atoms. The van der Waals surface area contributed by atoms with Gasteiger partial charge < -0.3 is 19.4 Å². The number of hydrogen-bond donors (Lipinski definition) is 1. The van der Waals surface area contributed by atoms with E-state index in [-0.39, 0.29) is 0 Å². The molecule has 0 fully saturated rings. The average molecular weight is 205 g/mol. The topological polar surface area (TPSA) is 50.4 Å². The third-order valence-electron chi connectivity index (χ3n) is 2.39. The zero-order valence-electron chi connectivity index (χ0n) is 8.57. The first-order valence-corrected chi connectivity index (χ1v) is 4.71. The largest absolute Gasteiger partial charge is 0.454 e. The van der Waals surface area contributed by atoms with Crippen molar-refractivity contribution in [1.29, 1.82) is 0 Å². The van der Waals surface area contributed by atoms with Crippen LogP contribution in [0.5, 0.6) is 11.5 Å². The summed E-state index contributed by atoms with van der Waals surface area (Å²) in [6.07, 6.45) is 0. The number of H-pyrrole nitrogens is 1. The van der Waals surface area contributed by atoms with Crippen LogP contribution in [-0.2, 0) is 0 Å². The Hall–Kier alpha value is -1.91. The molecule has 5 heteroatoms. The van der Waals surface area contributed by atoms with Crippen molar-refractivity contribution in [2.24, 2.45) is 0 Å². The highest BCUT2D eigenvalue weighted by molar-refractivity contribution is 5.82. The van der Waals surface area contributed by atoms with Crippen LogP contribution in [0.3, 0.4) is 0 Å². The summed E-state index contributed by atoms with van der Waals surface area (Å²) in [5.74, 6) is 2.37. The van der Waals surface area contributed by atoms with E-state index in [4.69, 9.17) is 9.47 Å². The Morgan fingerprint density at radius 3 is 2.73 bits per heavy atom. The maximum Gasteiger partial charge on any atom is 0.231 e. The molecule has 5 nitrogen and oxygen atoms in total. The van der Waals surface area contributed by atoms with Gasteiger partial charge in [-0.05, 0) is 0 Å². The Balaban J connectivity index is 2.20. The summed E-state index contributed by atoms with van der Waals surface area (Å²) >= 11 is 0. The molecule has 1 N–H and O–H groups in total. The molecule has 1 aliphatic rings. The zero-order chi connectivity index (χ0) is 10.4. The summed E-state index contributed by atoms with van der Waals surface area (Å²) in [6.45, 7) is 0.294. The van der Waals surface area contributed by atoms with Gasteiger partial charge in [0.2, 0.25) is 12.7 Å². The summed E-state index contributed by atoms with van der Waals surface area (Å²) in [6, 6.07) is 3.80. The van der Waals surface area contributed by atoms with Crippen LogP contribution >= 0.6 is 0 Å². The van der Waals surface area contributed by atoms with Crippen molar-refractivity contribution in [3.05, 3.63) is 12.1 Å². The van der Waals surface area contributed by atoms with Gasteiger partial charge in [0.1, 0.15) is 0 Å². The van der Waals surface area contributed by atoms with E-state index in [1.54, 1.807) is 0 Å². The smallest absolute Gasteiger partial charge is 0.231 e. The maximum atomic E-state index is 5.29. The lowest BCUT2D eigenvalue weighted by molar-refractivity contribution is 0.174. The Morgan fingerprint density at radius 2 is 2.00 bits per heavy atom. The van der Waals surface area contributed by atoms with Gasteiger partial charge in [-0.2, -0.15) is 0 Å². The first-order chi connectivity index (χ1) is 7.24. The Morgan fingerprint density at radius 1 is 1.27 bits per heavy atom. The third kappa shape index (κ3) is 1.20. The number of nitrogens with zero attached hydrogens (tertiary/aromatic N) is 2. The van der Waals surface area contributed by atoms with Gasteiger partial charge >= 0.3 is 0 Å².